The molecule has 0 aliphatic carbocycles. The minimum absolute atomic E-state index is 0.0333. The van der Waals surface area contributed by atoms with Crippen LogP contribution in [-0.2, 0) is 4.79 Å². The number of rotatable bonds is 6. The van der Waals surface area contributed by atoms with Crippen LogP contribution in [0.25, 0.3) is 6.08 Å². The number of benzene rings is 1. The quantitative estimate of drug-likeness (QED) is 0.346. The average molecular weight is 274 g/mol. The lowest BCUT2D eigenvalue weighted by Crippen LogP contribution is -2.30. The highest BCUT2D eigenvalue weighted by Crippen LogP contribution is 2.13. The number of carbonyl (C=O) groups is 1. The molecule has 0 heterocycles. The molecule has 0 unspecified atom stereocenters. The molecule has 1 aromatic carbocycles. The van der Waals surface area contributed by atoms with E-state index in [1.165, 1.54) is 18.2 Å². The van der Waals surface area contributed by atoms with Gasteiger partial charge in [0.1, 0.15) is 0 Å². The van der Waals surface area contributed by atoms with E-state index in [1.807, 2.05) is 13.8 Å². The molecule has 106 valence electrons. The summed E-state index contributed by atoms with van der Waals surface area (Å²) in [5.41, 5.74) is 1.70. The predicted octanol–water partition coefficient (Wildman–Crippen LogP) is 3.03. The van der Waals surface area contributed by atoms with Crippen LogP contribution in [0.2, 0.25) is 0 Å². The first-order valence-corrected chi connectivity index (χ1v) is 6.30. The van der Waals surface area contributed by atoms with Crippen LogP contribution in [0.4, 0.5) is 5.69 Å². The highest BCUT2D eigenvalue weighted by molar-refractivity contribution is 5.91. The van der Waals surface area contributed by atoms with Crippen molar-refractivity contribution in [3.63, 3.8) is 0 Å². The number of nitro groups is 1. The molecule has 0 aliphatic rings. The summed E-state index contributed by atoms with van der Waals surface area (Å²) in [6.07, 6.45) is 3.11. The van der Waals surface area contributed by atoms with Gasteiger partial charge in [0.15, 0.2) is 0 Å². The molecule has 1 amide bonds. The fraction of sp³-hybridized carbons (Fsp3) is 0.267. The molecule has 0 aliphatic heterocycles. The number of hydrogen-bond donors (Lipinski definition) is 0. The van der Waals surface area contributed by atoms with E-state index in [9.17, 15) is 14.9 Å². The normalized spacial score (nSPS) is 10.5. The van der Waals surface area contributed by atoms with Crippen molar-refractivity contribution >= 4 is 17.7 Å². The Morgan fingerprint density at radius 3 is 2.45 bits per heavy atom. The fourth-order valence-electron chi connectivity index (χ4n) is 1.65. The average Bonchev–Trinajstić information content (AvgIpc) is 2.42. The van der Waals surface area contributed by atoms with E-state index >= 15 is 0 Å². The zero-order chi connectivity index (χ0) is 15.1. The Labute approximate surface area is 118 Å². The number of nitro benzene ring substituents is 1. The van der Waals surface area contributed by atoms with Crippen LogP contribution in [-0.4, -0.2) is 28.8 Å². The van der Waals surface area contributed by atoms with Gasteiger partial charge in [0.25, 0.3) is 5.69 Å². The summed E-state index contributed by atoms with van der Waals surface area (Å²) in [6.45, 7) is 8.70. The zero-order valence-electron chi connectivity index (χ0n) is 11.7. The number of likely N-dealkylation sites (N-methyl/N-ethyl adjacent to an activating group) is 1. The molecule has 1 rings (SSSR count). The number of hydrogen-bond acceptors (Lipinski definition) is 3. The molecule has 0 radical (unpaired) electrons. The molecule has 0 fully saturated rings. The van der Waals surface area contributed by atoms with Crippen LogP contribution in [0.5, 0.6) is 0 Å². The molecule has 1 aromatic rings. The summed E-state index contributed by atoms with van der Waals surface area (Å²) in [6, 6.07) is 6.04. The van der Waals surface area contributed by atoms with Crippen molar-refractivity contribution in [2.75, 3.05) is 13.1 Å². The molecule has 0 spiro atoms. The third-order valence-corrected chi connectivity index (χ3v) is 2.68. The minimum Gasteiger partial charge on any atom is -0.335 e. The topological polar surface area (TPSA) is 63.5 Å². The second kappa shape index (κ2) is 7.23. The van der Waals surface area contributed by atoms with Gasteiger partial charge in [-0.25, -0.2) is 0 Å². The Bertz CT molecular complexity index is 533. The first kappa shape index (κ1) is 15.6. The van der Waals surface area contributed by atoms with Gasteiger partial charge in [-0.05, 0) is 37.6 Å². The summed E-state index contributed by atoms with van der Waals surface area (Å²) in [5, 5.41) is 10.5. The van der Waals surface area contributed by atoms with E-state index in [-0.39, 0.29) is 11.6 Å². The Morgan fingerprint density at radius 1 is 1.40 bits per heavy atom. The van der Waals surface area contributed by atoms with E-state index in [0.717, 1.165) is 11.1 Å². The Morgan fingerprint density at radius 2 is 2.00 bits per heavy atom. The first-order valence-electron chi connectivity index (χ1n) is 6.30. The monoisotopic (exact) mass is 274 g/mol. The lowest BCUT2D eigenvalue weighted by molar-refractivity contribution is -0.384. The van der Waals surface area contributed by atoms with E-state index in [1.54, 1.807) is 23.1 Å². The van der Waals surface area contributed by atoms with E-state index < -0.39 is 4.92 Å². The predicted molar refractivity (Wildman–Crippen MR) is 79.2 cm³/mol. The van der Waals surface area contributed by atoms with Crippen molar-refractivity contribution < 1.29 is 9.72 Å². The maximum absolute atomic E-state index is 11.9. The molecule has 20 heavy (non-hydrogen) atoms. The first-order chi connectivity index (χ1) is 9.43. The van der Waals surface area contributed by atoms with Gasteiger partial charge < -0.3 is 4.90 Å². The largest absolute Gasteiger partial charge is 0.335 e. The van der Waals surface area contributed by atoms with Crippen LogP contribution in [0, 0.1) is 10.1 Å². The van der Waals surface area contributed by atoms with Crippen molar-refractivity contribution in [2.24, 2.45) is 0 Å². The van der Waals surface area contributed by atoms with Gasteiger partial charge in [-0.3, -0.25) is 14.9 Å². The molecule has 0 aromatic heterocycles. The summed E-state index contributed by atoms with van der Waals surface area (Å²) in [7, 11) is 0. The molecule has 0 atom stereocenters. The van der Waals surface area contributed by atoms with Crippen LogP contribution >= 0.6 is 0 Å². The van der Waals surface area contributed by atoms with Gasteiger partial charge in [0.2, 0.25) is 5.91 Å². The second-order valence-corrected chi connectivity index (χ2v) is 4.49. The summed E-state index contributed by atoms with van der Waals surface area (Å²) < 4.78 is 0. The van der Waals surface area contributed by atoms with Gasteiger partial charge >= 0.3 is 0 Å². The van der Waals surface area contributed by atoms with Gasteiger partial charge in [-0.1, -0.05) is 12.2 Å². The van der Waals surface area contributed by atoms with Crippen molar-refractivity contribution in [1.82, 2.24) is 4.90 Å². The highest BCUT2D eigenvalue weighted by atomic mass is 16.6. The standard InChI is InChI=1S/C15H18N2O3/c1-4-16(11-12(2)3)15(18)10-7-13-5-8-14(9-6-13)17(19)20/h5-10H,2,4,11H2,1,3H3/b10-7+. The smallest absolute Gasteiger partial charge is 0.269 e. The van der Waals surface area contributed by atoms with Gasteiger partial charge in [-0.15, -0.1) is 0 Å². The van der Waals surface area contributed by atoms with Crippen molar-refractivity contribution in [1.29, 1.82) is 0 Å². The van der Waals surface area contributed by atoms with Crippen molar-refractivity contribution in [2.45, 2.75) is 13.8 Å². The molecular weight excluding hydrogens is 256 g/mol. The summed E-state index contributed by atoms with van der Waals surface area (Å²) >= 11 is 0. The van der Waals surface area contributed by atoms with Crippen LogP contribution < -0.4 is 0 Å². The van der Waals surface area contributed by atoms with Gasteiger partial charge in [-0.2, -0.15) is 0 Å². The van der Waals surface area contributed by atoms with Gasteiger partial charge in [0, 0.05) is 31.3 Å². The Balaban J connectivity index is 2.73. The SMILES string of the molecule is C=C(C)CN(CC)C(=O)/C=C/c1ccc([N+](=O)[O-])cc1. The van der Waals surface area contributed by atoms with Crippen molar-refractivity contribution in [3.8, 4) is 0 Å². The number of non-ortho nitro benzene ring substituents is 1. The lowest BCUT2D eigenvalue weighted by Gasteiger charge is -2.18. The van der Waals surface area contributed by atoms with E-state index in [4.69, 9.17) is 0 Å². The maximum atomic E-state index is 11.9. The molecular formula is C15H18N2O3. The Kier molecular flexibility index (Phi) is 5.65. The van der Waals surface area contributed by atoms with E-state index in [2.05, 4.69) is 6.58 Å². The molecule has 0 bridgehead atoms. The molecule has 0 N–H and O–H groups in total. The molecule has 0 saturated heterocycles. The fourth-order valence-corrected chi connectivity index (χ4v) is 1.65. The van der Waals surface area contributed by atoms with Crippen LogP contribution in [0.1, 0.15) is 19.4 Å². The highest BCUT2D eigenvalue weighted by Gasteiger charge is 2.08. The third kappa shape index (κ3) is 4.68. The summed E-state index contributed by atoms with van der Waals surface area (Å²) in [5.74, 6) is -0.103. The van der Waals surface area contributed by atoms with Gasteiger partial charge in [0.05, 0.1) is 4.92 Å². The van der Waals surface area contributed by atoms with Crippen molar-refractivity contribution in [3.05, 3.63) is 58.2 Å². The Hall–Kier alpha value is -2.43. The number of carbonyl (C=O) groups excluding carboxylic acids is 1. The van der Waals surface area contributed by atoms with Crippen LogP contribution in [0.15, 0.2) is 42.5 Å². The molecule has 5 nitrogen and oxygen atoms in total. The number of nitrogens with zero attached hydrogens (tertiary/aromatic N) is 2. The zero-order valence-corrected chi connectivity index (χ0v) is 11.7. The molecule has 5 heteroatoms. The second-order valence-electron chi connectivity index (χ2n) is 4.49. The van der Waals surface area contributed by atoms with Crippen LogP contribution in [0.3, 0.4) is 0 Å². The third-order valence-electron chi connectivity index (χ3n) is 2.68. The van der Waals surface area contributed by atoms with E-state index in [0.29, 0.717) is 13.1 Å². The minimum atomic E-state index is -0.454. The lowest BCUT2D eigenvalue weighted by atomic mass is 10.2. The maximum Gasteiger partial charge on any atom is 0.269 e. The number of amides is 1. The summed E-state index contributed by atoms with van der Waals surface area (Å²) in [4.78, 5) is 23.7. The molecule has 0 saturated carbocycles.